The maximum atomic E-state index is 12.6. The summed E-state index contributed by atoms with van der Waals surface area (Å²) < 4.78 is 0. The summed E-state index contributed by atoms with van der Waals surface area (Å²) in [7, 11) is 0. The molecular formula is C26H31N3OS. The van der Waals surface area contributed by atoms with Gasteiger partial charge in [-0.1, -0.05) is 44.0 Å². The van der Waals surface area contributed by atoms with Crippen LogP contribution in [-0.2, 0) is 6.42 Å². The number of anilines is 2. The minimum absolute atomic E-state index is 0.0751. The van der Waals surface area contributed by atoms with Gasteiger partial charge in [-0.05, 0) is 61.9 Å². The lowest BCUT2D eigenvalue weighted by molar-refractivity contribution is 0.102. The first-order valence-corrected chi connectivity index (χ1v) is 12.3. The molecule has 0 bridgehead atoms. The van der Waals surface area contributed by atoms with Crippen LogP contribution in [0.1, 0.15) is 61.4 Å². The molecule has 0 radical (unpaired) electrons. The number of aromatic nitrogens is 1. The van der Waals surface area contributed by atoms with Crippen LogP contribution in [0.2, 0.25) is 0 Å². The van der Waals surface area contributed by atoms with E-state index in [4.69, 9.17) is 4.98 Å². The Morgan fingerprint density at radius 3 is 2.45 bits per heavy atom. The van der Waals surface area contributed by atoms with E-state index in [0.717, 1.165) is 41.6 Å². The Bertz CT molecular complexity index is 973. The van der Waals surface area contributed by atoms with E-state index >= 15 is 0 Å². The van der Waals surface area contributed by atoms with Gasteiger partial charge in [-0.25, -0.2) is 4.98 Å². The lowest BCUT2D eigenvalue weighted by atomic mass is 10.0. The monoisotopic (exact) mass is 433 g/mol. The van der Waals surface area contributed by atoms with E-state index in [1.807, 2.05) is 36.4 Å². The first-order valence-electron chi connectivity index (χ1n) is 11.4. The number of unbranched alkanes of at least 4 members (excludes halogenated alkanes) is 2. The van der Waals surface area contributed by atoms with Crippen LogP contribution in [0.4, 0.5) is 10.8 Å². The van der Waals surface area contributed by atoms with Gasteiger partial charge in [0.15, 0.2) is 5.13 Å². The van der Waals surface area contributed by atoms with Gasteiger partial charge in [-0.2, -0.15) is 0 Å². The molecule has 1 aliphatic rings. The van der Waals surface area contributed by atoms with Gasteiger partial charge in [0.25, 0.3) is 5.91 Å². The predicted molar refractivity (Wildman–Crippen MR) is 131 cm³/mol. The zero-order chi connectivity index (χ0) is 21.5. The quantitative estimate of drug-likeness (QED) is 0.398. The zero-order valence-electron chi connectivity index (χ0n) is 18.3. The van der Waals surface area contributed by atoms with Gasteiger partial charge in [-0.15, -0.1) is 11.3 Å². The highest BCUT2D eigenvalue weighted by molar-refractivity contribution is 7.14. The highest BCUT2D eigenvalue weighted by atomic mass is 32.1. The van der Waals surface area contributed by atoms with E-state index in [1.165, 1.54) is 44.1 Å². The molecule has 31 heavy (non-hydrogen) atoms. The largest absolute Gasteiger partial charge is 0.348 e. The molecule has 1 N–H and O–H groups in total. The Morgan fingerprint density at radius 2 is 1.74 bits per heavy atom. The van der Waals surface area contributed by atoms with Crippen molar-refractivity contribution in [2.45, 2.75) is 51.9 Å². The minimum Gasteiger partial charge on any atom is -0.348 e. The van der Waals surface area contributed by atoms with Crippen molar-refractivity contribution in [3.8, 4) is 11.3 Å². The highest BCUT2D eigenvalue weighted by Crippen LogP contribution is 2.29. The number of carbonyl (C=O) groups excluding carboxylic acids is 1. The summed E-state index contributed by atoms with van der Waals surface area (Å²) in [5.41, 5.74) is 4.86. The normalized spacial score (nSPS) is 13.9. The van der Waals surface area contributed by atoms with Crippen LogP contribution in [-0.4, -0.2) is 24.0 Å². The summed E-state index contributed by atoms with van der Waals surface area (Å²) in [4.78, 5) is 19.8. The van der Waals surface area contributed by atoms with Gasteiger partial charge >= 0.3 is 0 Å². The molecule has 4 nitrogen and oxygen atoms in total. The molecule has 2 heterocycles. The van der Waals surface area contributed by atoms with Crippen LogP contribution < -0.4 is 10.2 Å². The third-order valence-corrected chi connectivity index (χ3v) is 6.74. The molecular weight excluding hydrogens is 402 g/mol. The third-order valence-electron chi connectivity index (χ3n) is 5.84. The van der Waals surface area contributed by atoms with E-state index in [1.54, 1.807) is 11.3 Å². The van der Waals surface area contributed by atoms with Gasteiger partial charge in [0.05, 0.1) is 5.69 Å². The highest BCUT2D eigenvalue weighted by Gasteiger charge is 2.15. The zero-order valence-corrected chi connectivity index (χ0v) is 19.1. The smallest absolute Gasteiger partial charge is 0.255 e. The number of piperidine rings is 1. The van der Waals surface area contributed by atoms with Crippen molar-refractivity contribution in [2.75, 3.05) is 23.3 Å². The molecule has 1 amide bonds. The van der Waals surface area contributed by atoms with Gasteiger partial charge in [0.1, 0.15) is 0 Å². The molecule has 1 saturated heterocycles. The second kappa shape index (κ2) is 10.6. The number of carbonyl (C=O) groups is 1. The van der Waals surface area contributed by atoms with E-state index < -0.39 is 0 Å². The van der Waals surface area contributed by atoms with Crippen molar-refractivity contribution in [1.29, 1.82) is 0 Å². The van der Waals surface area contributed by atoms with Gasteiger partial charge in [0, 0.05) is 35.3 Å². The second-order valence-electron chi connectivity index (χ2n) is 8.25. The Kier molecular flexibility index (Phi) is 7.36. The van der Waals surface area contributed by atoms with Crippen molar-refractivity contribution in [3.05, 3.63) is 65.0 Å². The van der Waals surface area contributed by atoms with Crippen LogP contribution >= 0.6 is 11.3 Å². The van der Waals surface area contributed by atoms with Crippen molar-refractivity contribution in [1.82, 2.24) is 4.98 Å². The van der Waals surface area contributed by atoms with Crippen molar-refractivity contribution < 1.29 is 4.79 Å². The third kappa shape index (κ3) is 5.73. The lowest BCUT2D eigenvalue weighted by Crippen LogP contribution is -2.29. The Morgan fingerprint density at radius 1 is 1.00 bits per heavy atom. The molecule has 0 saturated carbocycles. The number of amides is 1. The number of thiazole rings is 1. The van der Waals surface area contributed by atoms with E-state index in [-0.39, 0.29) is 5.91 Å². The topological polar surface area (TPSA) is 45.2 Å². The number of rotatable bonds is 8. The predicted octanol–water partition coefficient (Wildman–Crippen LogP) is 6.79. The number of benzene rings is 2. The molecule has 5 heteroatoms. The summed E-state index contributed by atoms with van der Waals surface area (Å²) in [6.07, 6.45) is 8.58. The molecule has 1 aliphatic heterocycles. The Labute approximate surface area is 189 Å². The summed E-state index contributed by atoms with van der Waals surface area (Å²) >= 11 is 1.72. The van der Waals surface area contributed by atoms with Gasteiger partial charge < -0.3 is 10.2 Å². The molecule has 0 spiro atoms. The standard InChI is InChI=1S/C26H31N3OS/c1-2-3-5-8-20-9-11-22(12-10-20)25(30)27-23-15-13-21(14-16-23)24-19-31-26(28-24)29-17-6-4-7-18-29/h9-16,19H,2-8,17-18H2,1H3,(H,27,30). The fourth-order valence-electron chi connectivity index (χ4n) is 3.96. The first-order chi connectivity index (χ1) is 15.2. The fraction of sp³-hybridized carbons (Fsp3) is 0.385. The van der Waals surface area contributed by atoms with Crippen molar-refractivity contribution in [2.24, 2.45) is 0 Å². The average Bonchev–Trinajstić information content (AvgIpc) is 3.31. The molecule has 0 atom stereocenters. The summed E-state index contributed by atoms with van der Waals surface area (Å²) in [6, 6.07) is 15.9. The minimum atomic E-state index is -0.0751. The molecule has 4 rings (SSSR count). The number of aryl methyl sites for hydroxylation is 1. The summed E-state index contributed by atoms with van der Waals surface area (Å²) in [5, 5.41) is 6.24. The Balaban J connectivity index is 1.35. The van der Waals surface area contributed by atoms with E-state index in [0.29, 0.717) is 5.56 Å². The van der Waals surface area contributed by atoms with E-state index in [9.17, 15) is 4.79 Å². The van der Waals surface area contributed by atoms with Crippen LogP contribution in [0.3, 0.4) is 0 Å². The molecule has 2 aromatic carbocycles. The molecule has 0 unspecified atom stereocenters. The lowest BCUT2D eigenvalue weighted by Gasteiger charge is -2.25. The maximum absolute atomic E-state index is 12.6. The van der Waals surface area contributed by atoms with E-state index in [2.05, 4.69) is 34.7 Å². The first kappa shape index (κ1) is 21.6. The van der Waals surface area contributed by atoms with Gasteiger partial charge in [0.2, 0.25) is 0 Å². The fourth-order valence-corrected chi connectivity index (χ4v) is 4.85. The summed E-state index contributed by atoms with van der Waals surface area (Å²) in [6.45, 7) is 4.43. The Hall–Kier alpha value is -2.66. The average molecular weight is 434 g/mol. The summed E-state index contributed by atoms with van der Waals surface area (Å²) in [5.74, 6) is -0.0751. The number of hydrogen-bond acceptors (Lipinski definition) is 4. The van der Waals surface area contributed by atoms with Crippen molar-refractivity contribution in [3.63, 3.8) is 0 Å². The van der Waals surface area contributed by atoms with Crippen LogP contribution in [0.25, 0.3) is 11.3 Å². The molecule has 1 aromatic heterocycles. The second-order valence-corrected chi connectivity index (χ2v) is 9.09. The molecule has 0 aliphatic carbocycles. The maximum Gasteiger partial charge on any atom is 0.255 e. The van der Waals surface area contributed by atoms with Crippen LogP contribution in [0.15, 0.2) is 53.9 Å². The SMILES string of the molecule is CCCCCc1ccc(C(=O)Nc2ccc(-c3csc(N4CCCCC4)n3)cc2)cc1. The van der Waals surface area contributed by atoms with Crippen molar-refractivity contribution >= 4 is 28.1 Å². The molecule has 162 valence electrons. The number of nitrogens with zero attached hydrogens (tertiary/aromatic N) is 2. The molecule has 3 aromatic rings. The molecule has 1 fully saturated rings. The number of hydrogen-bond donors (Lipinski definition) is 1. The number of nitrogens with one attached hydrogen (secondary N) is 1. The van der Waals surface area contributed by atoms with Crippen LogP contribution in [0.5, 0.6) is 0 Å². The van der Waals surface area contributed by atoms with Gasteiger partial charge in [-0.3, -0.25) is 4.79 Å². The van der Waals surface area contributed by atoms with Crippen LogP contribution in [0, 0.1) is 0 Å².